The SMILES string of the molecule is CC1(C)CCC(O)(CNC(=O)C2CCCS2)CC1. The quantitative estimate of drug-likeness (QED) is 0.828. The van der Waals surface area contributed by atoms with Crippen LogP contribution in [-0.4, -0.2) is 34.2 Å². The minimum Gasteiger partial charge on any atom is -0.388 e. The first-order chi connectivity index (χ1) is 8.40. The summed E-state index contributed by atoms with van der Waals surface area (Å²) in [7, 11) is 0. The van der Waals surface area contributed by atoms with Crippen LogP contribution >= 0.6 is 11.8 Å². The van der Waals surface area contributed by atoms with Gasteiger partial charge >= 0.3 is 0 Å². The maximum Gasteiger partial charge on any atom is 0.233 e. The average Bonchev–Trinajstić information content (AvgIpc) is 2.85. The van der Waals surface area contributed by atoms with Crippen LogP contribution in [0.25, 0.3) is 0 Å². The van der Waals surface area contributed by atoms with Gasteiger partial charge in [0.15, 0.2) is 0 Å². The summed E-state index contributed by atoms with van der Waals surface area (Å²) >= 11 is 1.74. The first kappa shape index (κ1) is 14.2. The minimum atomic E-state index is -0.672. The smallest absolute Gasteiger partial charge is 0.233 e. The van der Waals surface area contributed by atoms with Gasteiger partial charge in [0.25, 0.3) is 0 Å². The van der Waals surface area contributed by atoms with Crippen molar-refractivity contribution in [2.24, 2.45) is 5.41 Å². The lowest BCUT2D eigenvalue weighted by molar-refractivity contribution is -0.122. The topological polar surface area (TPSA) is 49.3 Å². The number of aliphatic hydroxyl groups is 1. The molecule has 0 aromatic heterocycles. The highest BCUT2D eigenvalue weighted by molar-refractivity contribution is 8.00. The van der Waals surface area contributed by atoms with Crippen molar-refractivity contribution in [1.82, 2.24) is 5.32 Å². The summed E-state index contributed by atoms with van der Waals surface area (Å²) in [5.74, 6) is 1.21. The summed E-state index contributed by atoms with van der Waals surface area (Å²) in [6.45, 7) is 4.93. The fraction of sp³-hybridized carbons (Fsp3) is 0.929. The van der Waals surface area contributed by atoms with Gasteiger partial charge in [-0.25, -0.2) is 0 Å². The second kappa shape index (κ2) is 5.41. The zero-order valence-corrected chi connectivity index (χ0v) is 12.3. The Morgan fingerprint density at radius 1 is 1.33 bits per heavy atom. The fourth-order valence-electron chi connectivity index (χ4n) is 2.72. The van der Waals surface area contributed by atoms with Crippen LogP contribution in [0.15, 0.2) is 0 Å². The third-order valence-corrected chi connectivity index (χ3v) is 5.72. The van der Waals surface area contributed by atoms with Crippen molar-refractivity contribution in [2.45, 2.75) is 63.2 Å². The van der Waals surface area contributed by atoms with Crippen LogP contribution in [0.1, 0.15) is 52.4 Å². The molecule has 2 rings (SSSR count). The van der Waals surface area contributed by atoms with Gasteiger partial charge in [0.2, 0.25) is 5.91 Å². The van der Waals surface area contributed by atoms with Gasteiger partial charge in [-0.2, -0.15) is 0 Å². The second-order valence-corrected chi connectivity index (χ2v) is 7.92. The van der Waals surface area contributed by atoms with Crippen molar-refractivity contribution in [1.29, 1.82) is 0 Å². The third-order valence-electron chi connectivity index (χ3n) is 4.35. The molecule has 1 saturated heterocycles. The third kappa shape index (κ3) is 3.64. The van der Waals surface area contributed by atoms with Crippen LogP contribution in [0.2, 0.25) is 0 Å². The minimum absolute atomic E-state index is 0.119. The molecule has 0 radical (unpaired) electrons. The molecule has 0 aromatic rings. The first-order valence-corrected chi connectivity index (χ1v) is 8.07. The summed E-state index contributed by atoms with van der Waals surface area (Å²) in [5, 5.41) is 13.5. The van der Waals surface area contributed by atoms with Crippen LogP contribution in [0.3, 0.4) is 0 Å². The van der Waals surface area contributed by atoms with Crippen LogP contribution in [0.5, 0.6) is 0 Å². The van der Waals surface area contributed by atoms with Gasteiger partial charge in [-0.1, -0.05) is 13.8 Å². The predicted molar refractivity (Wildman–Crippen MR) is 75.7 cm³/mol. The zero-order valence-electron chi connectivity index (χ0n) is 11.5. The molecule has 1 amide bonds. The summed E-state index contributed by atoms with van der Waals surface area (Å²) in [6, 6.07) is 0. The molecule has 0 bridgehead atoms. The molecule has 2 aliphatic rings. The van der Waals surface area contributed by atoms with E-state index in [0.29, 0.717) is 12.0 Å². The molecule has 0 aromatic carbocycles. The van der Waals surface area contributed by atoms with Crippen molar-refractivity contribution in [3.05, 3.63) is 0 Å². The molecule has 1 aliphatic heterocycles. The lowest BCUT2D eigenvalue weighted by atomic mass is 9.71. The van der Waals surface area contributed by atoms with Gasteiger partial charge in [0, 0.05) is 6.54 Å². The van der Waals surface area contributed by atoms with Gasteiger partial charge in [-0.15, -0.1) is 11.8 Å². The van der Waals surface area contributed by atoms with Crippen molar-refractivity contribution >= 4 is 17.7 Å². The Hall–Kier alpha value is -0.220. The molecule has 4 heteroatoms. The molecule has 1 atom stereocenters. The van der Waals surface area contributed by atoms with Crippen molar-refractivity contribution in [3.63, 3.8) is 0 Å². The van der Waals surface area contributed by atoms with Crippen LogP contribution in [-0.2, 0) is 4.79 Å². The Bertz CT molecular complexity index is 301. The monoisotopic (exact) mass is 271 g/mol. The number of carbonyl (C=O) groups is 1. The van der Waals surface area contributed by atoms with E-state index in [0.717, 1.165) is 44.3 Å². The number of nitrogens with one attached hydrogen (secondary N) is 1. The molecule has 1 saturated carbocycles. The molecule has 2 N–H and O–H groups in total. The van der Waals surface area contributed by atoms with Gasteiger partial charge in [-0.05, 0) is 49.7 Å². The number of hydrogen-bond acceptors (Lipinski definition) is 3. The van der Waals surface area contributed by atoms with E-state index < -0.39 is 5.60 Å². The maximum atomic E-state index is 11.9. The summed E-state index contributed by atoms with van der Waals surface area (Å²) < 4.78 is 0. The molecular formula is C14H25NO2S. The Morgan fingerprint density at radius 2 is 2.00 bits per heavy atom. The van der Waals surface area contributed by atoms with Crippen molar-refractivity contribution in [2.75, 3.05) is 12.3 Å². The van der Waals surface area contributed by atoms with Crippen molar-refractivity contribution in [3.8, 4) is 0 Å². The highest BCUT2D eigenvalue weighted by Gasteiger charge is 2.37. The van der Waals surface area contributed by atoms with Gasteiger partial charge in [0.1, 0.15) is 0 Å². The number of carbonyl (C=O) groups excluding carboxylic acids is 1. The first-order valence-electron chi connectivity index (χ1n) is 7.02. The molecule has 1 unspecified atom stereocenters. The Labute approximate surface area is 114 Å². The van der Waals surface area contributed by atoms with E-state index in [1.54, 1.807) is 11.8 Å². The highest BCUT2D eigenvalue weighted by atomic mass is 32.2. The van der Waals surface area contributed by atoms with E-state index in [4.69, 9.17) is 0 Å². The van der Waals surface area contributed by atoms with E-state index in [-0.39, 0.29) is 11.2 Å². The van der Waals surface area contributed by atoms with Gasteiger partial charge < -0.3 is 10.4 Å². The molecule has 1 aliphatic carbocycles. The van der Waals surface area contributed by atoms with Crippen LogP contribution < -0.4 is 5.32 Å². The molecular weight excluding hydrogens is 246 g/mol. The number of hydrogen-bond donors (Lipinski definition) is 2. The van der Waals surface area contributed by atoms with Gasteiger partial charge in [-0.3, -0.25) is 4.79 Å². The predicted octanol–water partition coefficient (Wildman–Crippen LogP) is 2.33. The Balaban J connectivity index is 1.77. The van der Waals surface area contributed by atoms with E-state index in [1.807, 2.05) is 0 Å². The van der Waals surface area contributed by atoms with Crippen molar-refractivity contribution < 1.29 is 9.90 Å². The molecule has 2 fully saturated rings. The highest BCUT2D eigenvalue weighted by Crippen LogP contribution is 2.39. The standard InChI is InChI=1S/C14H25NO2S/c1-13(2)5-7-14(17,8-6-13)10-15-12(16)11-4-3-9-18-11/h11,17H,3-10H2,1-2H3,(H,15,16). The zero-order chi connectivity index (χ0) is 13.2. The maximum absolute atomic E-state index is 11.9. The van der Waals surface area contributed by atoms with E-state index in [1.165, 1.54) is 0 Å². The molecule has 104 valence electrons. The molecule has 1 heterocycles. The summed E-state index contributed by atoms with van der Waals surface area (Å²) in [6.07, 6.45) is 5.81. The van der Waals surface area contributed by atoms with Crippen LogP contribution in [0, 0.1) is 5.41 Å². The average molecular weight is 271 g/mol. The second-order valence-electron chi connectivity index (χ2n) is 6.61. The molecule has 0 spiro atoms. The van der Waals surface area contributed by atoms with E-state index >= 15 is 0 Å². The number of amides is 1. The molecule has 18 heavy (non-hydrogen) atoms. The largest absolute Gasteiger partial charge is 0.388 e. The summed E-state index contributed by atoms with van der Waals surface area (Å²) in [4.78, 5) is 11.9. The lowest BCUT2D eigenvalue weighted by Gasteiger charge is -2.40. The number of thioether (sulfide) groups is 1. The Morgan fingerprint density at radius 3 is 2.56 bits per heavy atom. The van der Waals surface area contributed by atoms with E-state index in [2.05, 4.69) is 19.2 Å². The van der Waals surface area contributed by atoms with E-state index in [9.17, 15) is 9.90 Å². The lowest BCUT2D eigenvalue weighted by Crippen LogP contribution is -2.48. The molecule has 3 nitrogen and oxygen atoms in total. The Kier molecular flexibility index (Phi) is 4.27. The van der Waals surface area contributed by atoms with Crippen LogP contribution in [0.4, 0.5) is 0 Å². The normalized spacial score (nSPS) is 30.1. The summed E-state index contributed by atoms with van der Waals surface area (Å²) in [5.41, 5.74) is -0.327. The number of rotatable bonds is 3. The van der Waals surface area contributed by atoms with Gasteiger partial charge in [0.05, 0.1) is 10.9 Å². The fourth-order valence-corrected chi connectivity index (χ4v) is 3.90.